The van der Waals surface area contributed by atoms with E-state index in [0.717, 1.165) is 0 Å². The molecule has 0 radical (unpaired) electrons. The zero-order valence-corrected chi connectivity index (χ0v) is 12.8. The second-order valence-electron chi connectivity index (χ2n) is 4.56. The molecule has 0 aromatic heterocycles. The number of carboxylic acid groups (broad SMARTS) is 1. The fourth-order valence-electron chi connectivity index (χ4n) is 1.31. The summed E-state index contributed by atoms with van der Waals surface area (Å²) in [4.78, 5) is 47.1. The first-order chi connectivity index (χ1) is 9.61. The maximum atomic E-state index is 11.7. The van der Waals surface area contributed by atoms with Gasteiger partial charge < -0.3 is 15.3 Å². The molecule has 118 valence electrons. The summed E-state index contributed by atoms with van der Waals surface area (Å²) in [5.74, 6) is -2.36. The Balaban J connectivity index is 4.65. The van der Waals surface area contributed by atoms with Gasteiger partial charge in [-0.05, 0) is 27.7 Å². The minimum Gasteiger partial charge on any atom is -0.478 e. The SMILES string of the molecule is CCN(C)C(=O)C(C)NC(=O)NC(=O)C(C)=C(C)C(=O)O. The number of carboxylic acids is 1. The quantitative estimate of drug-likeness (QED) is 0.623. The lowest BCUT2D eigenvalue weighted by molar-refractivity contribution is -0.133. The first kappa shape index (κ1) is 18.6. The number of nitrogens with zero attached hydrogens (tertiary/aromatic N) is 1. The molecule has 0 saturated heterocycles. The Kier molecular flexibility index (Phi) is 7.12. The third-order valence-corrected chi connectivity index (χ3v) is 3.02. The van der Waals surface area contributed by atoms with Crippen molar-refractivity contribution < 1.29 is 24.3 Å². The van der Waals surface area contributed by atoms with E-state index in [-0.39, 0.29) is 17.1 Å². The van der Waals surface area contributed by atoms with Gasteiger partial charge >= 0.3 is 12.0 Å². The summed E-state index contributed by atoms with van der Waals surface area (Å²) in [6.07, 6.45) is 0. The Bertz CT molecular complexity index is 484. The topological polar surface area (TPSA) is 116 Å². The Morgan fingerprint density at radius 3 is 2.10 bits per heavy atom. The average molecular weight is 299 g/mol. The summed E-state index contributed by atoms with van der Waals surface area (Å²) in [6, 6.07) is -1.66. The van der Waals surface area contributed by atoms with Crippen LogP contribution in [-0.2, 0) is 14.4 Å². The summed E-state index contributed by atoms with van der Waals surface area (Å²) in [6.45, 7) is 6.33. The molecule has 0 aromatic rings. The van der Waals surface area contributed by atoms with E-state index in [1.165, 1.54) is 25.7 Å². The predicted octanol–water partition coefficient (Wildman–Crippen LogP) is 0.100. The third-order valence-electron chi connectivity index (χ3n) is 3.02. The summed E-state index contributed by atoms with van der Waals surface area (Å²) in [5, 5.41) is 13.0. The summed E-state index contributed by atoms with van der Waals surface area (Å²) in [7, 11) is 1.59. The molecule has 0 saturated carbocycles. The standard InChI is InChI=1S/C13H21N3O5/c1-6-16(5)11(18)9(4)14-13(21)15-10(17)7(2)8(3)12(19)20/h9H,6H2,1-5H3,(H,19,20)(H2,14,15,17,21). The Morgan fingerprint density at radius 1 is 1.14 bits per heavy atom. The van der Waals surface area contributed by atoms with Crippen molar-refractivity contribution in [2.24, 2.45) is 0 Å². The molecular weight excluding hydrogens is 278 g/mol. The second-order valence-corrected chi connectivity index (χ2v) is 4.56. The highest BCUT2D eigenvalue weighted by Gasteiger charge is 2.20. The van der Waals surface area contributed by atoms with E-state index in [9.17, 15) is 19.2 Å². The predicted molar refractivity (Wildman–Crippen MR) is 75.5 cm³/mol. The van der Waals surface area contributed by atoms with Gasteiger partial charge in [0.2, 0.25) is 5.91 Å². The smallest absolute Gasteiger partial charge is 0.331 e. The minimum atomic E-state index is -1.24. The van der Waals surface area contributed by atoms with Gasteiger partial charge in [-0.3, -0.25) is 14.9 Å². The number of carbonyl (C=O) groups excluding carboxylic acids is 3. The van der Waals surface area contributed by atoms with Gasteiger partial charge in [0.1, 0.15) is 6.04 Å². The summed E-state index contributed by atoms with van der Waals surface area (Å²) < 4.78 is 0. The van der Waals surface area contributed by atoms with Crippen LogP contribution in [0.3, 0.4) is 0 Å². The van der Waals surface area contributed by atoms with Crippen molar-refractivity contribution in [2.75, 3.05) is 13.6 Å². The van der Waals surface area contributed by atoms with Crippen molar-refractivity contribution in [2.45, 2.75) is 33.7 Å². The van der Waals surface area contributed by atoms with Gasteiger partial charge in [-0.2, -0.15) is 0 Å². The third kappa shape index (κ3) is 5.64. The fraction of sp³-hybridized carbons (Fsp3) is 0.538. The largest absolute Gasteiger partial charge is 0.478 e. The lowest BCUT2D eigenvalue weighted by Crippen LogP contribution is -2.50. The molecule has 21 heavy (non-hydrogen) atoms. The second kappa shape index (κ2) is 8.03. The van der Waals surface area contributed by atoms with Crippen LogP contribution in [0.2, 0.25) is 0 Å². The van der Waals surface area contributed by atoms with E-state index in [2.05, 4.69) is 5.32 Å². The molecule has 1 atom stereocenters. The Morgan fingerprint density at radius 2 is 1.67 bits per heavy atom. The minimum absolute atomic E-state index is 0.0812. The van der Waals surface area contributed by atoms with Crippen molar-refractivity contribution in [3.63, 3.8) is 0 Å². The number of urea groups is 1. The van der Waals surface area contributed by atoms with E-state index >= 15 is 0 Å². The van der Waals surface area contributed by atoms with E-state index in [0.29, 0.717) is 6.54 Å². The number of likely N-dealkylation sites (N-methyl/N-ethyl adjacent to an activating group) is 1. The van der Waals surface area contributed by atoms with Crippen LogP contribution in [0, 0.1) is 0 Å². The van der Waals surface area contributed by atoms with Gasteiger partial charge in [0.15, 0.2) is 0 Å². The lowest BCUT2D eigenvalue weighted by Gasteiger charge is -2.20. The van der Waals surface area contributed by atoms with E-state index in [1.807, 2.05) is 5.32 Å². The molecule has 0 spiro atoms. The van der Waals surface area contributed by atoms with Crippen molar-refractivity contribution in [3.05, 3.63) is 11.1 Å². The van der Waals surface area contributed by atoms with Gasteiger partial charge in [0, 0.05) is 24.7 Å². The van der Waals surface area contributed by atoms with Crippen molar-refractivity contribution >= 4 is 23.8 Å². The van der Waals surface area contributed by atoms with Crippen LogP contribution in [0.5, 0.6) is 0 Å². The monoisotopic (exact) mass is 299 g/mol. The number of nitrogens with one attached hydrogen (secondary N) is 2. The Labute approximate surface area is 123 Å². The molecule has 0 bridgehead atoms. The molecule has 1 unspecified atom stereocenters. The first-order valence-electron chi connectivity index (χ1n) is 6.39. The van der Waals surface area contributed by atoms with Gasteiger partial charge in [-0.15, -0.1) is 0 Å². The van der Waals surface area contributed by atoms with Crippen molar-refractivity contribution in [1.82, 2.24) is 15.5 Å². The Hall–Kier alpha value is -2.38. The number of rotatable bonds is 5. The molecule has 0 aliphatic rings. The molecular formula is C13H21N3O5. The highest BCUT2D eigenvalue weighted by Crippen LogP contribution is 2.03. The van der Waals surface area contributed by atoms with Crippen LogP contribution in [-0.4, -0.2) is 53.5 Å². The van der Waals surface area contributed by atoms with E-state index < -0.39 is 23.9 Å². The number of hydrogen-bond acceptors (Lipinski definition) is 4. The summed E-state index contributed by atoms with van der Waals surface area (Å²) in [5.41, 5.74) is -0.238. The maximum Gasteiger partial charge on any atom is 0.331 e. The van der Waals surface area contributed by atoms with E-state index in [4.69, 9.17) is 5.11 Å². The molecule has 0 aromatic carbocycles. The molecule has 4 amide bonds. The molecule has 0 aliphatic carbocycles. The van der Waals surface area contributed by atoms with Gasteiger partial charge in [-0.1, -0.05) is 0 Å². The van der Waals surface area contributed by atoms with Crippen LogP contribution >= 0.6 is 0 Å². The molecule has 0 heterocycles. The number of amides is 4. The van der Waals surface area contributed by atoms with Crippen LogP contribution < -0.4 is 10.6 Å². The maximum absolute atomic E-state index is 11.7. The summed E-state index contributed by atoms with van der Waals surface area (Å²) >= 11 is 0. The number of hydrogen-bond donors (Lipinski definition) is 3. The lowest BCUT2D eigenvalue weighted by atomic mass is 10.1. The normalized spacial score (nSPS) is 12.8. The molecule has 0 rings (SSSR count). The number of imide groups is 1. The number of carbonyl (C=O) groups is 4. The van der Waals surface area contributed by atoms with Crippen LogP contribution in [0.15, 0.2) is 11.1 Å². The van der Waals surface area contributed by atoms with Gasteiger partial charge in [0.25, 0.3) is 5.91 Å². The number of aliphatic carboxylic acids is 1. The highest BCUT2D eigenvalue weighted by molar-refractivity contribution is 6.07. The van der Waals surface area contributed by atoms with Gasteiger partial charge in [0.05, 0.1) is 0 Å². The zero-order chi connectivity index (χ0) is 16.7. The van der Waals surface area contributed by atoms with Crippen LogP contribution in [0.25, 0.3) is 0 Å². The fourth-order valence-corrected chi connectivity index (χ4v) is 1.31. The van der Waals surface area contributed by atoms with Crippen molar-refractivity contribution in [1.29, 1.82) is 0 Å². The van der Waals surface area contributed by atoms with Crippen LogP contribution in [0.1, 0.15) is 27.7 Å². The zero-order valence-electron chi connectivity index (χ0n) is 12.8. The molecule has 8 nitrogen and oxygen atoms in total. The van der Waals surface area contributed by atoms with Gasteiger partial charge in [-0.25, -0.2) is 9.59 Å². The van der Waals surface area contributed by atoms with E-state index in [1.54, 1.807) is 14.0 Å². The molecule has 8 heteroatoms. The molecule has 0 aliphatic heterocycles. The highest BCUT2D eigenvalue weighted by atomic mass is 16.4. The average Bonchev–Trinajstić information content (AvgIpc) is 2.43. The molecule has 3 N–H and O–H groups in total. The first-order valence-corrected chi connectivity index (χ1v) is 6.39. The van der Waals surface area contributed by atoms with Crippen LogP contribution in [0.4, 0.5) is 4.79 Å². The van der Waals surface area contributed by atoms with Crippen molar-refractivity contribution in [3.8, 4) is 0 Å². The molecule has 0 fully saturated rings.